The van der Waals surface area contributed by atoms with Crippen LogP contribution in [0.25, 0.3) is 6.08 Å². The van der Waals surface area contributed by atoms with Gasteiger partial charge in [0.2, 0.25) is 5.91 Å². The fourth-order valence-electron chi connectivity index (χ4n) is 1.76. The molecule has 0 aliphatic heterocycles. The van der Waals surface area contributed by atoms with Crippen molar-refractivity contribution >= 4 is 23.6 Å². The molecule has 0 unspecified atom stereocenters. The van der Waals surface area contributed by atoms with Crippen molar-refractivity contribution in [3.63, 3.8) is 0 Å². The Balaban J connectivity index is 1.91. The van der Waals surface area contributed by atoms with E-state index in [1.54, 1.807) is 43.0 Å². The number of anilines is 1. The highest BCUT2D eigenvalue weighted by Crippen LogP contribution is 2.12. The average molecular weight is 285 g/mol. The number of carbonyl (C=O) groups excluding carboxylic acids is 1. The summed E-state index contributed by atoms with van der Waals surface area (Å²) in [4.78, 5) is 26.2. The SMILES string of the molecule is O=C(O)/C=C/c1cccc(NC(=O)CCn2ccnc2)c1. The number of hydrogen-bond acceptors (Lipinski definition) is 3. The fraction of sp³-hybridized carbons (Fsp3) is 0.133. The Morgan fingerprint density at radius 3 is 2.95 bits per heavy atom. The molecule has 0 aliphatic rings. The Morgan fingerprint density at radius 2 is 2.24 bits per heavy atom. The summed E-state index contributed by atoms with van der Waals surface area (Å²) in [6.07, 6.45) is 7.99. The molecule has 1 heterocycles. The van der Waals surface area contributed by atoms with Crippen molar-refractivity contribution in [1.29, 1.82) is 0 Å². The molecule has 0 aliphatic carbocycles. The second-order valence-corrected chi connectivity index (χ2v) is 4.40. The van der Waals surface area contributed by atoms with Gasteiger partial charge in [-0.05, 0) is 23.8 Å². The summed E-state index contributed by atoms with van der Waals surface area (Å²) in [5.41, 5.74) is 1.35. The van der Waals surface area contributed by atoms with E-state index in [1.165, 1.54) is 6.08 Å². The Morgan fingerprint density at radius 1 is 1.38 bits per heavy atom. The standard InChI is InChI=1S/C15H15N3O3/c19-14(6-8-18-9-7-16-11-18)17-13-3-1-2-12(10-13)4-5-15(20)21/h1-5,7,9-11H,6,8H2,(H,17,19)(H,20,21)/b5-4+. The number of benzene rings is 1. The van der Waals surface area contributed by atoms with Crippen LogP contribution in [-0.2, 0) is 16.1 Å². The molecule has 21 heavy (non-hydrogen) atoms. The molecule has 2 rings (SSSR count). The lowest BCUT2D eigenvalue weighted by Gasteiger charge is -2.06. The van der Waals surface area contributed by atoms with Gasteiger partial charge in [-0.3, -0.25) is 4.79 Å². The number of nitrogens with one attached hydrogen (secondary N) is 1. The third kappa shape index (κ3) is 4.94. The molecule has 1 amide bonds. The first-order valence-corrected chi connectivity index (χ1v) is 6.40. The van der Waals surface area contributed by atoms with Crippen LogP contribution in [0.1, 0.15) is 12.0 Å². The molecular weight excluding hydrogens is 270 g/mol. The highest BCUT2D eigenvalue weighted by molar-refractivity contribution is 5.91. The first-order valence-electron chi connectivity index (χ1n) is 6.40. The number of imidazole rings is 1. The van der Waals surface area contributed by atoms with E-state index in [4.69, 9.17) is 5.11 Å². The lowest BCUT2D eigenvalue weighted by atomic mass is 10.2. The summed E-state index contributed by atoms with van der Waals surface area (Å²) in [5.74, 6) is -1.12. The maximum Gasteiger partial charge on any atom is 0.328 e. The first-order chi connectivity index (χ1) is 10.1. The zero-order valence-electron chi connectivity index (χ0n) is 11.3. The maximum atomic E-state index is 11.8. The van der Waals surface area contributed by atoms with Gasteiger partial charge in [-0.15, -0.1) is 0 Å². The van der Waals surface area contributed by atoms with Gasteiger partial charge in [0.15, 0.2) is 0 Å². The van der Waals surface area contributed by atoms with E-state index < -0.39 is 5.97 Å². The Labute approximate surface area is 121 Å². The molecule has 1 aromatic heterocycles. The van der Waals surface area contributed by atoms with Crippen LogP contribution in [0.3, 0.4) is 0 Å². The van der Waals surface area contributed by atoms with Gasteiger partial charge in [-0.2, -0.15) is 0 Å². The van der Waals surface area contributed by atoms with Crippen molar-refractivity contribution in [2.45, 2.75) is 13.0 Å². The number of amides is 1. The zero-order chi connectivity index (χ0) is 15.1. The number of aromatic nitrogens is 2. The van der Waals surface area contributed by atoms with Gasteiger partial charge in [-0.25, -0.2) is 9.78 Å². The van der Waals surface area contributed by atoms with Gasteiger partial charge in [0.1, 0.15) is 0 Å². The largest absolute Gasteiger partial charge is 0.478 e. The molecule has 0 radical (unpaired) electrons. The van der Waals surface area contributed by atoms with Crippen molar-refractivity contribution < 1.29 is 14.7 Å². The Hall–Kier alpha value is -2.89. The van der Waals surface area contributed by atoms with Gasteiger partial charge in [0.25, 0.3) is 0 Å². The van der Waals surface area contributed by atoms with Crippen molar-refractivity contribution in [1.82, 2.24) is 9.55 Å². The summed E-state index contributed by atoms with van der Waals surface area (Å²) in [6, 6.07) is 7.00. The molecule has 0 bridgehead atoms. The molecule has 0 atom stereocenters. The fourth-order valence-corrected chi connectivity index (χ4v) is 1.76. The van der Waals surface area contributed by atoms with E-state index in [1.807, 2.05) is 4.57 Å². The summed E-state index contributed by atoms with van der Waals surface area (Å²) in [7, 11) is 0. The molecule has 2 aromatic rings. The van der Waals surface area contributed by atoms with Gasteiger partial charge in [0, 0.05) is 37.1 Å². The van der Waals surface area contributed by atoms with E-state index in [-0.39, 0.29) is 5.91 Å². The molecule has 0 saturated carbocycles. The number of carboxylic acids is 1. The average Bonchev–Trinajstić information content (AvgIpc) is 2.97. The predicted octanol–water partition coefficient (Wildman–Crippen LogP) is 2.01. The highest BCUT2D eigenvalue weighted by atomic mass is 16.4. The number of carboxylic acid groups (broad SMARTS) is 1. The van der Waals surface area contributed by atoms with Crippen LogP contribution < -0.4 is 5.32 Å². The number of aliphatic carboxylic acids is 1. The summed E-state index contributed by atoms with van der Waals surface area (Å²) >= 11 is 0. The molecule has 6 nitrogen and oxygen atoms in total. The van der Waals surface area contributed by atoms with Crippen LogP contribution in [0.4, 0.5) is 5.69 Å². The first kappa shape index (κ1) is 14.5. The normalized spacial score (nSPS) is 10.7. The smallest absolute Gasteiger partial charge is 0.328 e. The van der Waals surface area contributed by atoms with Crippen LogP contribution in [-0.4, -0.2) is 26.5 Å². The number of rotatable bonds is 6. The monoisotopic (exact) mass is 285 g/mol. The number of aryl methyl sites for hydroxylation is 1. The molecule has 0 saturated heterocycles. The van der Waals surface area contributed by atoms with Crippen LogP contribution in [0.15, 0.2) is 49.1 Å². The van der Waals surface area contributed by atoms with Gasteiger partial charge in [-0.1, -0.05) is 12.1 Å². The van der Waals surface area contributed by atoms with Crippen LogP contribution in [0.2, 0.25) is 0 Å². The molecule has 108 valence electrons. The quantitative estimate of drug-likeness (QED) is 0.795. The maximum absolute atomic E-state index is 11.8. The lowest BCUT2D eigenvalue weighted by Crippen LogP contribution is -2.14. The Bertz CT molecular complexity index is 648. The lowest BCUT2D eigenvalue weighted by molar-refractivity contribution is -0.131. The van der Waals surface area contributed by atoms with Crippen molar-refractivity contribution in [3.05, 3.63) is 54.6 Å². The van der Waals surface area contributed by atoms with E-state index in [0.29, 0.717) is 24.2 Å². The highest BCUT2D eigenvalue weighted by Gasteiger charge is 2.03. The summed E-state index contributed by atoms with van der Waals surface area (Å²) < 4.78 is 1.83. The zero-order valence-corrected chi connectivity index (χ0v) is 11.3. The van der Waals surface area contributed by atoms with E-state index >= 15 is 0 Å². The number of hydrogen-bond donors (Lipinski definition) is 2. The third-order valence-electron chi connectivity index (χ3n) is 2.75. The van der Waals surface area contributed by atoms with Crippen molar-refractivity contribution in [2.24, 2.45) is 0 Å². The van der Waals surface area contributed by atoms with Crippen molar-refractivity contribution in [3.8, 4) is 0 Å². The number of nitrogens with zero attached hydrogens (tertiary/aromatic N) is 2. The second kappa shape index (κ2) is 7.04. The molecule has 2 N–H and O–H groups in total. The molecule has 1 aromatic carbocycles. The van der Waals surface area contributed by atoms with Gasteiger partial charge >= 0.3 is 5.97 Å². The van der Waals surface area contributed by atoms with E-state index in [0.717, 1.165) is 6.08 Å². The molecule has 6 heteroatoms. The predicted molar refractivity (Wildman–Crippen MR) is 78.6 cm³/mol. The second-order valence-electron chi connectivity index (χ2n) is 4.40. The van der Waals surface area contributed by atoms with E-state index in [9.17, 15) is 9.59 Å². The number of carbonyl (C=O) groups is 2. The van der Waals surface area contributed by atoms with Crippen molar-refractivity contribution in [2.75, 3.05) is 5.32 Å². The summed E-state index contributed by atoms with van der Waals surface area (Å²) in [5, 5.41) is 11.4. The molecule has 0 fully saturated rings. The third-order valence-corrected chi connectivity index (χ3v) is 2.75. The van der Waals surface area contributed by atoms with Gasteiger partial charge in [0.05, 0.1) is 6.33 Å². The molecule has 0 spiro atoms. The van der Waals surface area contributed by atoms with E-state index in [2.05, 4.69) is 10.3 Å². The minimum Gasteiger partial charge on any atom is -0.478 e. The minimum absolute atomic E-state index is 0.108. The van der Waals surface area contributed by atoms with Crippen LogP contribution in [0.5, 0.6) is 0 Å². The topological polar surface area (TPSA) is 84.2 Å². The summed E-state index contributed by atoms with van der Waals surface area (Å²) in [6.45, 7) is 0.560. The van der Waals surface area contributed by atoms with Gasteiger partial charge < -0.3 is 15.0 Å². The van der Waals surface area contributed by atoms with Crippen LogP contribution in [0, 0.1) is 0 Å². The minimum atomic E-state index is -1.01. The Kier molecular flexibility index (Phi) is 4.87. The van der Waals surface area contributed by atoms with Crippen LogP contribution >= 0.6 is 0 Å². The molecular formula is C15H15N3O3.